The van der Waals surface area contributed by atoms with Crippen molar-refractivity contribution in [1.82, 2.24) is 9.13 Å². The van der Waals surface area contributed by atoms with Crippen LogP contribution >= 0.6 is 33.9 Å². The van der Waals surface area contributed by atoms with Gasteiger partial charge in [-0.05, 0) is 103 Å². The summed E-state index contributed by atoms with van der Waals surface area (Å²) in [6.45, 7) is 12.6. The minimum atomic E-state index is -0.698. The SMILES string of the molecule is CCOC(=O)C1=C(c2ccccc2)N=c2s/c(=C\c3cc(C)n(-c4ccc(C)c(I)c4)c3C)c(=O)n2[C@@H]1c1ccc(C(C)C)cc1. The van der Waals surface area contributed by atoms with Crippen LogP contribution in [0.3, 0.4) is 0 Å². The number of benzene rings is 3. The molecule has 234 valence electrons. The highest BCUT2D eigenvalue weighted by Crippen LogP contribution is 2.35. The number of esters is 1. The van der Waals surface area contributed by atoms with Gasteiger partial charge in [-0.1, -0.05) is 85.8 Å². The summed E-state index contributed by atoms with van der Waals surface area (Å²) in [6, 6.07) is 25.7. The van der Waals surface area contributed by atoms with Gasteiger partial charge >= 0.3 is 5.97 Å². The van der Waals surface area contributed by atoms with Crippen LogP contribution in [0.1, 0.15) is 71.9 Å². The number of thiazole rings is 1. The summed E-state index contributed by atoms with van der Waals surface area (Å²) < 4.78 is 11.3. The largest absolute Gasteiger partial charge is 0.463 e. The summed E-state index contributed by atoms with van der Waals surface area (Å²) in [7, 11) is 0. The van der Waals surface area contributed by atoms with Crippen molar-refractivity contribution in [1.29, 1.82) is 0 Å². The van der Waals surface area contributed by atoms with Crippen molar-refractivity contribution in [2.45, 2.75) is 53.5 Å². The average molecular weight is 742 g/mol. The minimum Gasteiger partial charge on any atom is -0.463 e. The number of ether oxygens (including phenoxy) is 1. The summed E-state index contributed by atoms with van der Waals surface area (Å²) in [5, 5.41) is 0. The number of aryl methyl sites for hydroxylation is 2. The first kappa shape index (κ1) is 31.9. The van der Waals surface area contributed by atoms with Gasteiger partial charge in [0.15, 0.2) is 4.80 Å². The molecule has 5 aromatic rings. The van der Waals surface area contributed by atoms with E-state index < -0.39 is 12.0 Å². The highest BCUT2D eigenvalue weighted by atomic mass is 127. The molecule has 6 rings (SSSR count). The van der Waals surface area contributed by atoms with Crippen molar-refractivity contribution >= 4 is 51.7 Å². The van der Waals surface area contributed by atoms with Crippen molar-refractivity contribution in [3.8, 4) is 5.69 Å². The molecular weight excluding hydrogens is 705 g/mol. The Morgan fingerprint density at radius 1 is 1.02 bits per heavy atom. The van der Waals surface area contributed by atoms with E-state index in [1.165, 1.54) is 26.0 Å². The Bertz CT molecular complexity index is 2170. The van der Waals surface area contributed by atoms with Crippen molar-refractivity contribution in [2.75, 3.05) is 6.61 Å². The molecule has 2 aromatic heterocycles. The lowest BCUT2D eigenvalue weighted by atomic mass is 9.91. The Morgan fingerprint density at radius 3 is 2.39 bits per heavy atom. The van der Waals surface area contributed by atoms with Crippen LogP contribution in [0.5, 0.6) is 0 Å². The van der Waals surface area contributed by atoms with Crippen molar-refractivity contribution in [3.05, 3.63) is 147 Å². The molecule has 0 radical (unpaired) electrons. The first-order chi connectivity index (χ1) is 22.1. The Hall–Kier alpha value is -4.02. The van der Waals surface area contributed by atoms with Crippen LogP contribution in [0.25, 0.3) is 17.5 Å². The van der Waals surface area contributed by atoms with E-state index in [0.717, 1.165) is 33.8 Å². The van der Waals surface area contributed by atoms with E-state index in [1.54, 1.807) is 11.5 Å². The van der Waals surface area contributed by atoms with E-state index in [1.807, 2.05) is 48.5 Å². The first-order valence-corrected chi connectivity index (χ1v) is 17.3. The molecule has 8 heteroatoms. The number of nitrogens with zero attached hydrogens (tertiary/aromatic N) is 3. The number of halogens is 1. The van der Waals surface area contributed by atoms with Crippen LogP contribution in [0.2, 0.25) is 0 Å². The zero-order valence-electron chi connectivity index (χ0n) is 26.8. The van der Waals surface area contributed by atoms with Crippen molar-refractivity contribution in [3.63, 3.8) is 0 Å². The fraction of sp³-hybridized carbons (Fsp3) is 0.237. The fourth-order valence-electron chi connectivity index (χ4n) is 6.01. The van der Waals surface area contributed by atoms with Gasteiger partial charge in [-0.25, -0.2) is 9.79 Å². The summed E-state index contributed by atoms with van der Waals surface area (Å²) in [5.41, 5.74) is 8.90. The van der Waals surface area contributed by atoms with E-state index in [4.69, 9.17) is 9.73 Å². The number of rotatable bonds is 7. The number of fused-ring (bicyclic) bond motifs is 1. The first-order valence-electron chi connectivity index (χ1n) is 15.4. The minimum absolute atomic E-state index is 0.190. The molecule has 0 bridgehead atoms. The highest BCUT2D eigenvalue weighted by molar-refractivity contribution is 14.1. The molecule has 0 spiro atoms. The second-order valence-corrected chi connectivity index (χ2v) is 14.0. The molecule has 0 fully saturated rings. The maximum Gasteiger partial charge on any atom is 0.338 e. The lowest BCUT2D eigenvalue weighted by Gasteiger charge is -2.26. The number of carbonyl (C=O) groups is 1. The smallest absolute Gasteiger partial charge is 0.338 e. The Labute approximate surface area is 286 Å². The van der Waals surface area contributed by atoms with Crippen LogP contribution in [0.4, 0.5) is 0 Å². The molecule has 0 amide bonds. The van der Waals surface area contributed by atoms with Gasteiger partial charge in [0.05, 0.1) is 28.5 Å². The second kappa shape index (κ2) is 13.0. The van der Waals surface area contributed by atoms with Gasteiger partial charge in [0.25, 0.3) is 5.56 Å². The van der Waals surface area contributed by atoms with Gasteiger partial charge < -0.3 is 9.30 Å². The van der Waals surface area contributed by atoms with E-state index in [-0.39, 0.29) is 12.2 Å². The number of carbonyl (C=O) groups excluding carboxylic acids is 1. The molecule has 3 heterocycles. The van der Waals surface area contributed by atoms with E-state index >= 15 is 0 Å². The lowest BCUT2D eigenvalue weighted by molar-refractivity contribution is -0.138. The van der Waals surface area contributed by atoms with Crippen LogP contribution in [-0.4, -0.2) is 21.7 Å². The molecule has 1 aliphatic rings. The summed E-state index contributed by atoms with van der Waals surface area (Å²) >= 11 is 3.71. The second-order valence-electron chi connectivity index (χ2n) is 11.8. The van der Waals surface area contributed by atoms with Crippen molar-refractivity contribution < 1.29 is 9.53 Å². The van der Waals surface area contributed by atoms with Crippen LogP contribution in [-0.2, 0) is 9.53 Å². The number of aromatic nitrogens is 2. The summed E-state index contributed by atoms with van der Waals surface area (Å²) in [4.78, 5) is 33.7. The van der Waals surface area contributed by atoms with Gasteiger partial charge in [0.2, 0.25) is 0 Å². The zero-order valence-corrected chi connectivity index (χ0v) is 29.8. The molecule has 0 N–H and O–H groups in total. The van der Waals surface area contributed by atoms with Gasteiger partial charge in [-0.2, -0.15) is 0 Å². The molecule has 1 aliphatic heterocycles. The maximum atomic E-state index is 14.4. The molecule has 46 heavy (non-hydrogen) atoms. The predicted molar refractivity (Wildman–Crippen MR) is 194 cm³/mol. The summed E-state index contributed by atoms with van der Waals surface area (Å²) in [6.07, 6.45) is 1.96. The fourth-order valence-corrected chi connectivity index (χ4v) is 7.50. The molecular formula is C38H36IN3O3S. The molecule has 0 aliphatic carbocycles. The number of hydrogen-bond donors (Lipinski definition) is 0. The summed E-state index contributed by atoms with van der Waals surface area (Å²) in [5.74, 6) is -0.132. The quantitative estimate of drug-likeness (QED) is 0.129. The zero-order chi connectivity index (χ0) is 32.7. The molecule has 0 saturated heterocycles. The van der Waals surface area contributed by atoms with Gasteiger partial charge in [-0.15, -0.1) is 0 Å². The molecule has 6 nitrogen and oxygen atoms in total. The Morgan fingerprint density at radius 2 is 1.74 bits per heavy atom. The molecule has 0 saturated carbocycles. The third-order valence-corrected chi connectivity index (χ3v) is 10.6. The Kier molecular flexibility index (Phi) is 9.03. The van der Waals surface area contributed by atoms with E-state index in [0.29, 0.717) is 26.5 Å². The normalized spacial score (nSPS) is 14.9. The Balaban J connectivity index is 1.59. The third-order valence-electron chi connectivity index (χ3n) is 8.46. The van der Waals surface area contributed by atoms with Crippen LogP contribution < -0.4 is 14.9 Å². The van der Waals surface area contributed by atoms with Gasteiger partial charge in [0.1, 0.15) is 0 Å². The van der Waals surface area contributed by atoms with E-state index in [9.17, 15) is 9.59 Å². The van der Waals surface area contributed by atoms with Gasteiger partial charge in [-0.3, -0.25) is 9.36 Å². The third kappa shape index (κ3) is 5.84. The maximum absolute atomic E-state index is 14.4. The standard InChI is InChI=1S/C38H36IN3O3S/c1-7-45-37(44)33-34(27-11-9-8-10-12-27)40-38-42(35(33)28-16-14-26(15-17-28)22(2)3)36(43)32(46-38)20-29-19-24(5)41(25(29)6)30-18-13-23(4)31(39)21-30/h8-22,35H,7H2,1-6H3/b32-20-/t35-/m1/s1. The topological polar surface area (TPSA) is 65.6 Å². The number of hydrogen-bond acceptors (Lipinski definition) is 5. The van der Waals surface area contributed by atoms with E-state index in [2.05, 4.69) is 98.2 Å². The van der Waals surface area contributed by atoms with Crippen LogP contribution in [0.15, 0.2) is 94.2 Å². The molecule has 1 atom stereocenters. The average Bonchev–Trinajstić information content (AvgIpc) is 3.51. The lowest BCUT2D eigenvalue weighted by Crippen LogP contribution is -2.40. The van der Waals surface area contributed by atoms with Crippen LogP contribution in [0, 0.1) is 24.3 Å². The van der Waals surface area contributed by atoms with Crippen molar-refractivity contribution in [2.24, 2.45) is 4.99 Å². The van der Waals surface area contributed by atoms with Gasteiger partial charge in [0, 0.05) is 26.2 Å². The molecule has 3 aromatic carbocycles. The highest BCUT2D eigenvalue weighted by Gasteiger charge is 2.35. The predicted octanol–water partition coefficient (Wildman–Crippen LogP) is 7.38. The monoisotopic (exact) mass is 741 g/mol. The molecule has 0 unspecified atom stereocenters.